The monoisotopic (exact) mass is 371 g/mol. The molecule has 3 nitrogen and oxygen atoms in total. The van der Waals surface area contributed by atoms with Gasteiger partial charge in [0.15, 0.2) is 0 Å². The molecule has 0 saturated carbocycles. The number of rotatable bonds is 6. The first-order valence-electron chi connectivity index (χ1n) is 10.1. The molecule has 0 bridgehead atoms. The normalized spacial score (nSPS) is 19.1. The van der Waals surface area contributed by atoms with Crippen LogP contribution < -0.4 is 5.32 Å². The van der Waals surface area contributed by atoms with E-state index < -0.39 is 0 Å². The van der Waals surface area contributed by atoms with Crippen molar-refractivity contribution < 1.29 is 0 Å². The van der Waals surface area contributed by atoms with Crippen molar-refractivity contribution in [1.82, 2.24) is 15.2 Å². The summed E-state index contributed by atoms with van der Waals surface area (Å²) in [6.45, 7) is 11.6. The number of benzene rings is 2. The average molecular weight is 372 g/mol. The van der Waals surface area contributed by atoms with Gasteiger partial charge in [-0.25, -0.2) is 0 Å². The van der Waals surface area contributed by atoms with E-state index in [2.05, 4.69) is 96.3 Å². The van der Waals surface area contributed by atoms with Gasteiger partial charge >= 0.3 is 0 Å². The van der Waals surface area contributed by atoms with Crippen LogP contribution in [0.3, 0.4) is 0 Å². The molecule has 4 rings (SSSR count). The Bertz CT molecular complexity index is 980. The minimum Gasteiger partial charge on any atom is -0.371 e. The summed E-state index contributed by atoms with van der Waals surface area (Å²) in [5, 5.41) is 4.91. The Hall–Kier alpha value is -2.78. The third-order valence-electron chi connectivity index (χ3n) is 5.78. The van der Waals surface area contributed by atoms with E-state index in [-0.39, 0.29) is 0 Å². The van der Waals surface area contributed by atoms with Crippen molar-refractivity contribution >= 4 is 16.6 Å². The Morgan fingerprint density at radius 3 is 2.75 bits per heavy atom. The molecule has 1 aliphatic rings. The van der Waals surface area contributed by atoms with Crippen LogP contribution in [-0.2, 0) is 0 Å². The molecular weight excluding hydrogens is 342 g/mol. The minimum absolute atomic E-state index is 0.333. The summed E-state index contributed by atoms with van der Waals surface area (Å²) in [5.41, 5.74) is 6.10. The number of aryl methyl sites for hydroxylation is 1. The Morgan fingerprint density at radius 1 is 1.14 bits per heavy atom. The molecule has 0 radical (unpaired) electrons. The smallest absolute Gasteiger partial charge is 0.0454 e. The van der Waals surface area contributed by atoms with Crippen LogP contribution in [0.4, 0.5) is 0 Å². The third kappa shape index (κ3) is 3.76. The summed E-state index contributed by atoms with van der Waals surface area (Å²) in [6.07, 6.45) is 6.60. The van der Waals surface area contributed by atoms with Crippen LogP contribution in [0.25, 0.3) is 16.6 Å². The molecule has 1 aliphatic heterocycles. The lowest BCUT2D eigenvalue weighted by atomic mass is 9.89. The number of aromatic amines is 1. The maximum atomic E-state index is 4.43. The number of fused-ring (bicyclic) bond motifs is 1. The molecule has 144 valence electrons. The highest BCUT2D eigenvalue weighted by Gasteiger charge is 2.25. The molecule has 2 unspecified atom stereocenters. The molecule has 0 saturated heterocycles. The van der Waals surface area contributed by atoms with Crippen LogP contribution in [0, 0.1) is 12.8 Å². The molecule has 0 aliphatic carbocycles. The van der Waals surface area contributed by atoms with Crippen LogP contribution in [0.1, 0.15) is 29.7 Å². The second-order valence-corrected chi connectivity index (χ2v) is 7.65. The molecule has 2 heterocycles. The molecule has 28 heavy (non-hydrogen) atoms. The first-order valence-corrected chi connectivity index (χ1v) is 10.1. The number of hydrogen-bond acceptors (Lipinski definition) is 2. The van der Waals surface area contributed by atoms with Gasteiger partial charge in [-0.3, -0.25) is 0 Å². The number of hydrogen-bond donors (Lipinski definition) is 2. The highest BCUT2D eigenvalue weighted by atomic mass is 15.1. The second kappa shape index (κ2) is 8.07. The van der Waals surface area contributed by atoms with E-state index in [1.165, 1.54) is 27.6 Å². The van der Waals surface area contributed by atoms with Gasteiger partial charge < -0.3 is 15.2 Å². The number of nitrogens with one attached hydrogen (secondary N) is 2. The van der Waals surface area contributed by atoms with Crippen molar-refractivity contribution in [2.75, 3.05) is 19.6 Å². The van der Waals surface area contributed by atoms with Crippen LogP contribution in [0.15, 0.2) is 73.5 Å². The number of H-pyrrole nitrogens is 1. The van der Waals surface area contributed by atoms with Gasteiger partial charge in [-0.05, 0) is 43.2 Å². The lowest BCUT2D eigenvalue weighted by molar-refractivity contribution is 0.309. The summed E-state index contributed by atoms with van der Waals surface area (Å²) in [5.74, 6) is 0.407. The fourth-order valence-electron chi connectivity index (χ4n) is 4.11. The van der Waals surface area contributed by atoms with Crippen molar-refractivity contribution in [1.29, 1.82) is 0 Å². The Morgan fingerprint density at radius 2 is 1.96 bits per heavy atom. The van der Waals surface area contributed by atoms with Crippen molar-refractivity contribution in [2.45, 2.75) is 19.9 Å². The Labute approximate surface area is 167 Å². The standard InChI is InChI=1S/C25H29N3/c1-4-28(19(3)21-11-12-24-22(16-21)13-15-26-24)17-23-6-5-14-27-25(23)20-9-7-18(2)8-10-20/h5-13,15-16,23,25-27H,3-4,14,17H2,1-2H3. The van der Waals surface area contributed by atoms with Crippen LogP contribution >= 0.6 is 0 Å². The van der Waals surface area contributed by atoms with Gasteiger partial charge in [0.2, 0.25) is 0 Å². The Kier molecular flexibility index (Phi) is 5.36. The minimum atomic E-state index is 0.333. The first-order chi connectivity index (χ1) is 13.7. The van der Waals surface area contributed by atoms with Crippen LogP contribution in [-0.4, -0.2) is 29.5 Å². The fraction of sp³-hybridized carbons (Fsp3) is 0.280. The summed E-state index contributed by atoms with van der Waals surface area (Å²) in [6, 6.07) is 17.9. The first kappa shape index (κ1) is 18.6. The lowest BCUT2D eigenvalue weighted by Crippen LogP contribution is -2.38. The van der Waals surface area contributed by atoms with E-state index in [9.17, 15) is 0 Å². The van der Waals surface area contributed by atoms with E-state index in [0.29, 0.717) is 12.0 Å². The van der Waals surface area contributed by atoms with Crippen molar-refractivity contribution in [2.24, 2.45) is 5.92 Å². The van der Waals surface area contributed by atoms with E-state index >= 15 is 0 Å². The predicted octanol–water partition coefficient (Wildman–Crippen LogP) is 5.29. The summed E-state index contributed by atoms with van der Waals surface area (Å²) >= 11 is 0. The van der Waals surface area contributed by atoms with Crippen molar-refractivity contribution in [3.05, 3.63) is 90.1 Å². The summed E-state index contributed by atoms with van der Waals surface area (Å²) < 4.78 is 0. The molecule has 3 aromatic rings. The predicted molar refractivity (Wildman–Crippen MR) is 119 cm³/mol. The van der Waals surface area contributed by atoms with Gasteiger partial charge in [-0.2, -0.15) is 0 Å². The van der Waals surface area contributed by atoms with Crippen molar-refractivity contribution in [3.8, 4) is 0 Å². The zero-order valence-corrected chi connectivity index (χ0v) is 16.8. The second-order valence-electron chi connectivity index (χ2n) is 7.65. The molecule has 3 heteroatoms. The van der Waals surface area contributed by atoms with Gasteiger partial charge in [0.25, 0.3) is 0 Å². The SMILES string of the molecule is C=C(c1ccc2[nH]ccc2c1)N(CC)CC1C=CCNC1c1ccc(C)cc1. The van der Waals surface area contributed by atoms with Gasteiger partial charge in [-0.15, -0.1) is 0 Å². The molecule has 2 aromatic carbocycles. The summed E-state index contributed by atoms with van der Waals surface area (Å²) in [4.78, 5) is 5.66. The van der Waals surface area contributed by atoms with E-state index in [1.807, 2.05) is 6.20 Å². The highest BCUT2D eigenvalue weighted by molar-refractivity contribution is 5.83. The van der Waals surface area contributed by atoms with E-state index in [4.69, 9.17) is 0 Å². The van der Waals surface area contributed by atoms with Crippen molar-refractivity contribution in [3.63, 3.8) is 0 Å². The Balaban J connectivity index is 1.55. The van der Waals surface area contributed by atoms with Gasteiger partial charge in [0, 0.05) is 54.4 Å². The highest BCUT2D eigenvalue weighted by Crippen LogP contribution is 2.30. The molecule has 0 amide bonds. The maximum absolute atomic E-state index is 4.43. The van der Waals surface area contributed by atoms with Gasteiger partial charge in [-0.1, -0.05) is 54.6 Å². The fourth-order valence-corrected chi connectivity index (χ4v) is 4.11. The maximum Gasteiger partial charge on any atom is 0.0454 e. The summed E-state index contributed by atoms with van der Waals surface area (Å²) in [7, 11) is 0. The molecule has 0 spiro atoms. The largest absolute Gasteiger partial charge is 0.371 e. The third-order valence-corrected chi connectivity index (χ3v) is 5.78. The zero-order valence-electron chi connectivity index (χ0n) is 16.8. The van der Waals surface area contributed by atoms with Gasteiger partial charge in [0.1, 0.15) is 0 Å². The number of aromatic nitrogens is 1. The van der Waals surface area contributed by atoms with Crippen LogP contribution in [0.2, 0.25) is 0 Å². The average Bonchev–Trinajstić information content (AvgIpc) is 3.20. The number of nitrogens with zero attached hydrogens (tertiary/aromatic N) is 1. The zero-order chi connectivity index (χ0) is 19.5. The van der Waals surface area contributed by atoms with Gasteiger partial charge in [0.05, 0.1) is 0 Å². The topological polar surface area (TPSA) is 31.1 Å². The lowest BCUT2D eigenvalue weighted by Gasteiger charge is -2.35. The molecule has 2 atom stereocenters. The quantitative estimate of drug-likeness (QED) is 0.577. The van der Waals surface area contributed by atoms with E-state index in [1.54, 1.807) is 0 Å². The van der Waals surface area contributed by atoms with E-state index in [0.717, 1.165) is 25.3 Å². The molecule has 2 N–H and O–H groups in total. The molecule has 1 aromatic heterocycles. The molecular formula is C25H29N3. The molecule has 0 fully saturated rings. The van der Waals surface area contributed by atoms with Crippen LogP contribution in [0.5, 0.6) is 0 Å².